The second-order valence-corrected chi connectivity index (χ2v) is 5.27. The van der Waals surface area contributed by atoms with E-state index in [1.54, 1.807) is 11.4 Å². The van der Waals surface area contributed by atoms with Gasteiger partial charge < -0.3 is 5.11 Å². The van der Waals surface area contributed by atoms with Gasteiger partial charge in [-0.25, -0.2) is 4.79 Å². The second-order valence-electron chi connectivity index (χ2n) is 4.28. The Kier molecular flexibility index (Phi) is 3.01. The molecule has 0 unspecified atom stereocenters. The summed E-state index contributed by atoms with van der Waals surface area (Å²) in [6.07, 6.45) is 0.669. The Morgan fingerprint density at radius 2 is 2.05 bits per heavy atom. The summed E-state index contributed by atoms with van der Waals surface area (Å²) in [7, 11) is 0. The molecule has 2 aromatic heterocycles. The van der Waals surface area contributed by atoms with Crippen molar-refractivity contribution < 1.29 is 9.90 Å². The van der Waals surface area contributed by atoms with Gasteiger partial charge in [-0.05, 0) is 18.2 Å². The number of aromatic carboxylic acids is 1. The van der Waals surface area contributed by atoms with E-state index in [0.29, 0.717) is 12.0 Å². The number of hydrogen-bond acceptors (Lipinski definition) is 3. The third kappa shape index (κ3) is 2.48. The van der Waals surface area contributed by atoms with E-state index >= 15 is 0 Å². The van der Waals surface area contributed by atoms with Crippen LogP contribution in [0.4, 0.5) is 0 Å². The fourth-order valence-electron chi connectivity index (χ4n) is 1.97. The first kappa shape index (κ1) is 11.9. The summed E-state index contributed by atoms with van der Waals surface area (Å²) in [5.41, 5.74) is 2.27. The van der Waals surface area contributed by atoms with E-state index in [2.05, 4.69) is 4.98 Å². The standard InChI is InChI=1S/C15H11NO2S/c17-15(18)11-7-13(19-9-11)8-12-6-5-10-3-1-2-4-14(10)16-12/h1-7,9H,8H2,(H,17,18). The Hall–Kier alpha value is -2.20. The quantitative estimate of drug-likeness (QED) is 0.790. The number of carboxylic acids is 1. The smallest absolute Gasteiger partial charge is 0.336 e. The van der Waals surface area contributed by atoms with Gasteiger partial charge in [0.15, 0.2) is 0 Å². The van der Waals surface area contributed by atoms with Crippen LogP contribution in [-0.2, 0) is 6.42 Å². The third-order valence-electron chi connectivity index (χ3n) is 2.91. The molecule has 0 saturated heterocycles. The molecule has 0 saturated carbocycles. The number of benzene rings is 1. The summed E-state index contributed by atoms with van der Waals surface area (Å²) in [5, 5.41) is 11.7. The van der Waals surface area contributed by atoms with Crippen LogP contribution in [0.5, 0.6) is 0 Å². The molecule has 0 spiro atoms. The molecule has 19 heavy (non-hydrogen) atoms. The summed E-state index contributed by atoms with van der Waals surface area (Å²) in [6, 6.07) is 13.7. The van der Waals surface area contributed by atoms with Crippen molar-refractivity contribution in [2.24, 2.45) is 0 Å². The molecule has 3 aromatic rings. The van der Waals surface area contributed by atoms with Crippen LogP contribution in [-0.4, -0.2) is 16.1 Å². The van der Waals surface area contributed by atoms with E-state index in [1.165, 1.54) is 11.3 Å². The number of fused-ring (bicyclic) bond motifs is 1. The van der Waals surface area contributed by atoms with Crippen LogP contribution >= 0.6 is 11.3 Å². The molecule has 1 aromatic carbocycles. The minimum Gasteiger partial charge on any atom is -0.478 e. The summed E-state index contributed by atoms with van der Waals surface area (Å²) in [5.74, 6) is -0.881. The van der Waals surface area contributed by atoms with Crippen LogP contribution in [0.3, 0.4) is 0 Å². The number of carbonyl (C=O) groups is 1. The molecule has 94 valence electrons. The summed E-state index contributed by atoms with van der Waals surface area (Å²) < 4.78 is 0. The number of rotatable bonds is 3. The van der Waals surface area contributed by atoms with Gasteiger partial charge >= 0.3 is 5.97 Å². The van der Waals surface area contributed by atoms with E-state index < -0.39 is 5.97 Å². The molecule has 3 nitrogen and oxygen atoms in total. The zero-order chi connectivity index (χ0) is 13.2. The second kappa shape index (κ2) is 4.82. The maximum absolute atomic E-state index is 10.8. The average molecular weight is 269 g/mol. The highest BCUT2D eigenvalue weighted by molar-refractivity contribution is 7.10. The van der Waals surface area contributed by atoms with Gasteiger partial charge in [-0.15, -0.1) is 11.3 Å². The molecule has 0 radical (unpaired) electrons. The van der Waals surface area contributed by atoms with E-state index in [4.69, 9.17) is 5.11 Å². The van der Waals surface area contributed by atoms with Crippen LogP contribution in [0.15, 0.2) is 47.8 Å². The lowest BCUT2D eigenvalue weighted by molar-refractivity contribution is 0.0697. The van der Waals surface area contributed by atoms with Crippen LogP contribution in [0.2, 0.25) is 0 Å². The Bertz CT molecular complexity index is 748. The number of carboxylic acid groups (broad SMARTS) is 1. The number of aromatic nitrogens is 1. The average Bonchev–Trinajstić information content (AvgIpc) is 2.87. The van der Waals surface area contributed by atoms with E-state index in [-0.39, 0.29) is 0 Å². The topological polar surface area (TPSA) is 50.2 Å². The van der Waals surface area contributed by atoms with Gasteiger partial charge in [0.2, 0.25) is 0 Å². The lowest BCUT2D eigenvalue weighted by Gasteiger charge is -2.01. The highest BCUT2D eigenvalue weighted by Crippen LogP contribution is 2.19. The minimum atomic E-state index is -0.881. The summed E-state index contributed by atoms with van der Waals surface area (Å²) in [6.45, 7) is 0. The summed E-state index contributed by atoms with van der Waals surface area (Å²) in [4.78, 5) is 16.4. The van der Waals surface area contributed by atoms with Crippen molar-refractivity contribution in [3.8, 4) is 0 Å². The molecule has 2 heterocycles. The van der Waals surface area contributed by atoms with Crippen molar-refractivity contribution in [1.29, 1.82) is 0 Å². The van der Waals surface area contributed by atoms with Crippen molar-refractivity contribution in [1.82, 2.24) is 4.98 Å². The molecule has 0 aliphatic rings. The van der Waals surface area contributed by atoms with Gasteiger partial charge in [0.1, 0.15) is 0 Å². The monoisotopic (exact) mass is 269 g/mol. The third-order valence-corrected chi connectivity index (χ3v) is 3.85. The number of hydrogen-bond donors (Lipinski definition) is 1. The van der Waals surface area contributed by atoms with Crippen molar-refractivity contribution in [3.63, 3.8) is 0 Å². The molecule has 0 aliphatic heterocycles. The van der Waals surface area contributed by atoms with Gasteiger partial charge in [0.25, 0.3) is 0 Å². The lowest BCUT2D eigenvalue weighted by atomic mass is 10.1. The molecule has 0 fully saturated rings. The zero-order valence-electron chi connectivity index (χ0n) is 10.0. The maximum atomic E-state index is 10.8. The van der Waals surface area contributed by atoms with Crippen LogP contribution in [0.1, 0.15) is 20.9 Å². The maximum Gasteiger partial charge on any atom is 0.336 e. The molecule has 3 rings (SSSR count). The van der Waals surface area contributed by atoms with Crippen LogP contribution in [0.25, 0.3) is 10.9 Å². The van der Waals surface area contributed by atoms with Gasteiger partial charge in [0, 0.05) is 27.8 Å². The highest BCUT2D eigenvalue weighted by atomic mass is 32.1. The normalized spacial score (nSPS) is 10.7. The first-order chi connectivity index (χ1) is 9.22. The van der Waals surface area contributed by atoms with Crippen molar-refractivity contribution in [3.05, 3.63) is 64.0 Å². The van der Waals surface area contributed by atoms with E-state index in [1.807, 2.05) is 36.4 Å². The molecule has 0 atom stereocenters. The Labute approximate surface area is 114 Å². The Balaban J connectivity index is 1.89. The number of thiophene rings is 1. The fraction of sp³-hybridized carbons (Fsp3) is 0.0667. The summed E-state index contributed by atoms with van der Waals surface area (Å²) >= 11 is 1.46. The number of para-hydroxylation sites is 1. The van der Waals surface area contributed by atoms with Crippen molar-refractivity contribution in [2.75, 3.05) is 0 Å². The van der Waals surface area contributed by atoms with Gasteiger partial charge in [-0.3, -0.25) is 4.98 Å². The van der Waals surface area contributed by atoms with Crippen LogP contribution < -0.4 is 0 Å². The van der Waals surface area contributed by atoms with Gasteiger partial charge in [-0.2, -0.15) is 0 Å². The highest BCUT2D eigenvalue weighted by Gasteiger charge is 2.07. The van der Waals surface area contributed by atoms with E-state index in [9.17, 15) is 4.79 Å². The largest absolute Gasteiger partial charge is 0.478 e. The van der Waals surface area contributed by atoms with Crippen molar-refractivity contribution >= 4 is 28.2 Å². The molecule has 4 heteroatoms. The van der Waals surface area contributed by atoms with Crippen LogP contribution in [0, 0.1) is 0 Å². The van der Waals surface area contributed by atoms with Gasteiger partial charge in [0.05, 0.1) is 11.1 Å². The molecule has 0 amide bonds. The SMILES string of the molecule is O=C(O)c1csc(Cc2ccc3ccccc3n2)c1. The first-order valence-electron chi connectivity index (χ1n) is 5.88. The first-order valence-corrected chi connectivity index (χ1v) is 6.76. The Morgan fingerprint density at radius 1 is 1.21 bits per heavy atom. The predicted octanol–water partition coefficient (Wildman–Crippen LogP) is 3.59. The van der Waals surface area contributed by atoms with E-state index in [0.717, 1.165) is 21.5 Å². The zero-order valence-corrected chi connectivity index (χ0v) is 10.9. The number of nitrogens with zero attached hydrogens (tertiary/aromatic N) is 1. The lowest BCUT2D eigenvalue weighted by Crippen LogP contribution is -1.93. The fourth-order valence-corrected chi connectivity index (χ4v) is 2.84. The minimum absolute atomic E-state index is 0.348. The molecular formula is C15H11NO2S. The predicted molar refractivity (Wildman–Crippen MR) is 75.8 cm³/mol. The van der Waals surface area contributed by atoms with Crippen molar-refractivity contribution in [2.45, 2.75) is 6.42 Å². The molecule has 0 bridgehead atoms. The molecule has 1 N–H and O–H groups in total. The molecular weight excluding hydrogens is 258 g/mol. The molecule has 0 aliphatic carbocycles. The van der Waals surface area contributed by atoms with Gasteiger partial charge in [-0.1, -0.05) is 24.3 Å². The number of pyridine rings is 1. The Morgan fingerprint density at radius 3 is 2.84 bits per heavy atom.